The molecule has 0 atom stereocenters. The van der Waals surface area contributed by atoms with E-state index in [1.54, 1.807) is 11.3 Å². The first-order valence-electron chi connectivity index (χ1n) is 5.10. The zero-order chi connectivity index (χ0) is 10.5. The third kappa shape index (κ3) is 2.67. The Kier molecular flexibility index (Phi) is 3.53. The highest BCUT2D eigenvalue weighted by Crippen LogP contribution is 2.25. The maximum absolute atomic E-state index is 8.64. The minimum absolute atomic E-state index is 0.265. The Morgan fingerprint density at radius 3 is 2.93 bits per heavy atom. The van der Waals surface area contributed by atoms with Gasteiger partial charge in [0.1, 0.15) is 0 Å². The maximum atomic E-state index is 8.64. The Hall–Kier alpha value is -1.13. The molecule has 0 saturated carbocycles. The van der Waals surface area contributed by atoms with Gasteiger partial charge in [-0.05, 0) is 25.0 Å². The van der Waals surface area contributed by atoms with Crippen LogP contribution in [-0.4, -0.2) is 23.2 Å². The molecule has 1 aromatic heterocycles. The molecule has 2 rings (SSSR count). The van der Waals surface area contributed by atoms with E-state index in [0.717, 1.165) is 30.0 Å². The molecule has 0 aliphatic heterocycles. The number of anilines is 1. The highest BCUT2D eigenvalue weighted by atomic mass is 32.1. The van der Waals surface area contributed by atoms with E-state index in [1.165, 1.54) is 4.70 Å². The molecule has 0 amide bonds. The molecule has 0 aliphatic carbocycles. The Morgan fingerprint density at radius 2 is 2.13 bits per heavy atom. The van der Waals surface area contributed by atoms with Gasteiger partial charge in [-0.2, -0.15) is 0 Å². The van der Waals surface area contributed by atoms with Crippen LogP contribution in [0.3, 0.4) is 0 Å². The molecule has 0 unspecified atom stereocenters. The molecule has 0 saturated heterocycles. The lowest BCUT2D eigenvalue weighted by Crippen LogP contribution is -2.01. The van der Waals surface area contributed by atoms with E-state index >= 15 is 0 Å². The smallest absolute Gasteiger partial charge is 0.183 e. The monoisotopic (exact) mass is 222 g/mol. The fourth-order valence-corrected chi connectivity index (χ4v) is 2.27. The number of nitrogens with one attached hydrogen (secondary N) is 1. The summed E-state index contributed by atoms with van der Waals surface area (Å²) in [6, 6.07) is 8.12. The first-order chi connectivity index (χ1) is 7.40. The van der Waals surface area contributed by atoms with Gasteiger partial charge in [0.25, 0.3) is 0 Å². The lowest BCUT2D eigenvalue weighted by molar-refractivity contribution is 0.286. The molecule has 0 radical (unpaired) electrons. The fourth-order valence-electron chi connectivity index (χ4n) is 1.38. The number of aromatic nitrogens is 1. The van der Waals surface area contributed by atoms with Crippen molar-refractivity contribution in [2.45, 2.75) is 12.8 Å². The van der Waals surface area contributed by atoms with E-state index in [9.17, 15) is 0 Å². The van der Waals surface area contributed by atoms with E-state index in [4.69, 9.17) is 5.11 Å². The fraction of sp³-hybridized carbons (Fsp3) is 0.364. The lowest BCUT2D eigenvalue weighted by Gasteiger charge is -1.99. The second kappa shape index (κ2) is 5.09. The molecule has 0 fully saturated rings. The quantitative estimate of drug-likeness (QED) is 0.764. The minimum atomic E-state index is 0.265. The number of para-hydroxylation sites is 1. The lowest BCUT2D eigenvalue weighted by atomic mass is 10.3. The van der Waals surface area contributed by atoms with E-state index in [2.05, 4.69) is 16.4 Å². The van der Waals surface area contributed by atoms with Gasteiger partial charge in [0.05, 0.1) is 10.2 Å². The Morgan fingerprint density at radius 1 is 1.27 bits per heavy atom. The Labute approximate surface area is 92.8 Å². The summed E-state index contributed by atoms with van der Waals surface area (Å²) in [5, 5.41) is 12.9. The minimum Gasteiger partial charge on any atom is -0.396 e. The number of benzene rings is 1. The zero-order valence-electron chi connectivity index (χ0n) is 8.44. The van der Waals surface area contributed by atoms with Crippen molar-refractivity contribution in [3.63, 3.8) is 0 Å². The van der Waals surface area contributed by atoms with Crippen molar-refractivity contribution in [3.05, 3.63) is 24.3 Å². The predicted molar refractivity (Wildman–Crippen MR) is 64.4 cm³/mol. The summed E-state index contributed by atoms with van der Waals surface area (Å²) in [4.78, 5) is 4.46. The van der Waals surface area contributed by atoms with Crippen molar-refractivity contribution < 1.29 is 5.11 Å². The second-order valence-electron chi connectivity index (χ2n) is 3.34. The average molecular weight is 222 g/mol. The largest absolute Gasteiger partial charge is 0.396 e. The van der Waals surface area contributed by atoms with Gasteiger partial charge >= 0.3 is 0 Å². The van der Waals surface area contributed by atoms with Gasteiger partial charge < -0.3 is 10.4 Å². The number of fused-ring (bicyclic) bond motifs is 1. The van der Waals surface area contributed by atoms with Crippen molar-refractivity contribution in [1.29, 1.82) is 0 Å². The second-order valence-corrected chi connectivity index (χ2v) is 4.37. The van der Waals surface area contributed by atoms with Crippen LogP contribution in [0.25, 0.3) is 10.2 Å². The van der Waals surface area contributed by atoms with Gasteiger partial charge in [-0.15, -0.1) is 0 Å². The Bertz CT molecular complexity index is 394. The first-order valence-corrected chi connectivity index (χ1v) is 5.92. The van der Waals surface area contributed by atoms with Crippen molar-refractivity contribution >= 4 is 26.7 Å². The summed E-state index contributed by atoms with van der Waals surface area (Å²) in [7, 11) is 0. The summed E-state index contributed by atoms with van der Waals surface area (Å²) >= 11 is 1.67. The van der Waals surface area contributed by atoms with Crippen molar-refractivity contribution in [2.24, 2.45) is 0 Å². The van der Waals surface area contributed by atoms with E-state index < -0.39 is 0 Å². The molecule has 0 spiro atoms. The summed E-state index contributed by atoms with van der Waals surface area (Å²) in [5.41, 5.74) is 1.05. The predicted octanol–water partition coefficient (Wildman–Crippen LogP) is 2.48. The maximum Gasteiger partial charge on any atom is 0.183 e. The van der Waals surface area contributed by atoms with Crippen molar-refractivity contribution in [3.8, 4) is 0 Å². The zero-order valence-corrected chi connectivity index (χ0v) is 9.26. The first kappa shape index (κ1) is 10.4. The van der Waals surface area contributed by atoms with E-state index in [0.29, 0.717) is 0 Å². The van der Waals surface area contributed by atoms with E-state index in [1.807, 2.05) is 18.2 Å². The number of unbranched alkanes of at least 4 members (excludes halogenated alkanes) is 1. The summed E-state index contributed by atoms with van der Waals surface area (Å²) in [5.74, 6) is 0. The third-order valence-corrected chi connectivity index (χ3v) is 3.15. The number of hydrogen-bond donors (Lipinski definition) is 2. The summed E-state index contributed by atoms with van der Waals surface area (Å²) < 4.78 is 1.21. The van der Waals surface area contributed by atoms with Crippen LogP contribution in [-0.2, 0) is 0 Å². The highest BCUT2D eigenvalue weighted by Gasteiger charge is 2.00. The number of aliphatic hydroxyl groups is 1. The number of aliphatic hydroxyl groups excluding tert-OH is 1. The SMILES string of the molecule is OCCCCNc1nc2ccccc2s1. The normalized spacial score (nSPS) is 10.7. The van der Waals surface area contributed by atoms with Crippen LogP contribution in [0, 0.1) is 0 Å². The van der Waals surface area contributed by atoms with Crippen LogP contribution in [0.4, 0.5) is 5.13 Å². The molecule has 4 heteroatoms. The molecule has 0 aliphatic rings. The molecule has 2 N–H and O–H groups in total. The Balaban J connectivity index is 1.97. The van der Waals surface area contributed by atoms with Gasteiger partial charge in [-0.25, -0.2) is 4.98 Å². The van der Waals surface area contributed by atoms with E-state index in [-0.39, 0.29) is 6.61 Å². The molecular formula is C11H14N2OS. The van der Waals surface area contributed by atoms with Gasteiger partial charge in [0, 0.05) is 13.2 Å². The van der Waals surface area contributed by atoms with Crippen LogP contribution < -0.4 is 5.32 Å². The molecule has 3 nitrogen and oxygen atoms in total. The number of nitrogens with zero attached hydrogens (tertiary/aromatic N) is 1. The molecule has 1 aromatic carbocycles. The van der Waals surface area contributed by atoms with Crippen LogP contribution in [0.15, 0.2) is 24.3 Å². The van der Waals surface area contributed by atoms with Crippen molar-refractivity contribution in [2.75, 3.05) is 18.5 Å². The topological polar surface area (TPSA) is 45.1 Å². The number of rotatable bonds is 5. The van der Waals surface area contributed by atoms with Crippen LogP contribution >= 0.6 is 11.3 Å². The highest BCUT2D eigenvalue weighted by molar-refractivity contribution is 7.22. The standard InChI is InChI=1S/C11H14N2OS/c14-8-4-3-7-12-11-13-9-5-1-2-6-10(9)15-11/h1-2,5-6,14H,3-4,7-8H2,(H,12,13). The van der Waals surface area contributed by atoms with Crippen LogP contribution in [0.5, 0.6) is 0 Å². The van der Waals surface area contributed by atoms with Crippen LogP contribution in [0.2, 0.25) is 0 Å². The molecular weight excluding hydrogens is 208 g/mol. The molecule has 1 heterocycles. The van der Waals surface area contributed by atoms with Gasteiger partial charge in [-0.1, -0.05) is 23.5 Å². The summed E-state index contributed by atoms with van der Waals surface area (Å²) in [6.45, 7) is 1.14. The molecule has 80 valence electrons. The van der Waals surface area contributed by atoms with Crippen LogP contribution in [0.1, 0.15) is 12.8 Å². The van der Waals surface area contributed by atoms with Crippen molar-refractivity contribution in [1.82, 2.24) is 4.98 Å². The van der Waals surface area contributed by atoms with Gasteiger partial charge in [-0.3, -0.25) is 0 Å². The summed E-state index contributed by atoms with van der Waals surface area (Å²) in [6.07, 6.45) is 1.82. The number of thiazole rings is 1. The van der Waals surface area contributed by atoms with Gasteiger partial charge in [0.15, 0.2) is 5.13 Å². The average Bonchev–Trinajstić information content (AvgIpc) is 2.67. The third-order valence-electron chi connectivity index (χ3n) is 2.16. The molecule has 0 bridgehead atoms. The molecule has 2 aromatic rings. The van der Waals surface area contributed by atoms with Gasteiger partial charge in [0.2, 0.25) is 0 Å². The number of hydrogen-bond acceptors (Lipinski definition) is 4. The molecule has 15 heavy (non-hydrogen) atoms.